The van der Waals surface area contributed by atoms with Gasteiger partial charge in [0, 0.05) is 4.90 Å². The lowest BCUT2D eigenvalue weighted by Gasteiger charge is -2.14. The highest BCUT2D eigenvalue weighted by Crippen LogP contribution is 2.36. The predicted octanol–water partition coefficient (Wildman–Crippen LogP) is 4.65. The molecule has 2 amide bonds. The van der Waals surface area contributed by atoms with Crippen LogP contribution in [0.25, 0.3) is 0 Å². The minimum Gasteiger partial charge on any atom is -0.346 e. The Kier molecular flexibility index (Phi) is 7.41. The Labute approximate surface area is 167 Å². The van der Waals surface area contributed by atoms with E-state index in [1.165, 1.54) is 0 Å². The second-order valence-electron chi connectivity index (χ2n) is 5.30. The highest BCUT2D eigenvalue weighted by molar-refractivity contribution is 8.00. The van der Waals surface area contributed by atoms with Gasteiger partial charge in [-0.1, -0.05) is 29.3 Å². The molecule has 27 heavy (non-hydrogen) atoms. The van der Waals surface area contributed by atoms with Gasteiger partial charge in [0.1, 0.15) is 0 Å². The van der Waals surface area contributed by atoms with E-state index in [0.717, 1.165) is 17.8 Å². The molecule has 2 N–H and O–H groups in total. The lowest BCUT2D eigenvalue weighted by atomic mass is 10.2. The molecule has 4 nitrogen and oxygen atoms in total. The van der Waals surface area contributed by atoms with E-state index in [-0.39, 0.29) is 0 Å². The summed E-state index contributed by atoms with van der Waals surface area (Å²) in [5.41, 5.74) is -0.529. The van der Waals surface area contributed by atoms with E-state index < -0.39 is 46.7 Å². The number of hydrogen-bond acceptors (Lipinski definition) is 3. The third-order valence-electron chi connectivity index (χ3n) is 3.32. The van der Waals surface area contributed by atoms with Crippen molar-refractivity contribution in [3.8, 4) is 0 Å². The van der Waals surface area contributed by atoms with Crippen molar-refractivity contribution in [1.82, 2.24) is 5.32 Å². The van der Waals surface area contributed by atoms with E-state index in [9.17, 15) is 22.8 Å². The van der Waals surface area contributed by atoms with Crippen LogP contribution in [0.3, 0.4) is 0 Å². The van der Waals surface area contributed by atoms with E-state index in [2.05, 4.69) is 10.6 Å². The molecule has 0 aliphatic carbocycles. The zero-order valence-corrected chi connectivity index (χ0v) is 16.1. The first kappa shape index (κ1) is 21.4. The molecule has 144 valence electrons. The van der Waals surface area contributed by atoms with Crippen LogP contribution < -0.4 is 10.6 Å². The average Bonchev–Trinajstić information content (AvgIpc) is 2.63. The highest BCUT2D eigenvalue weighted by Gasteiger charge is 2.19. The second-order valence-corrected chi connectivity index (χ2v) is 7.47. The Morgan fingerprint density at radius 1 is 1.07 bits per heavy atom. The molecule has 10 heteroatoms. The standard InChI is InChI=1S/C17H13Cl2F3N2O2S/c1-8(27-16-9(18)3-2-4-10(16)19)17(26)23-7-13(25)24-12-6-5-11(20)14(21)15(12)22/h2-6,8H,7H2,1H3,(H,23,26)(H,24,25). The molecule has 0 bridgehead atoms. The van der Waals surface area contributed by atoms with E-state index in [1.54, 1.807) is 25.1 Å². The van der Waals surface area contributed by atoms with Crippen LogP contribution in [-0.2, 0) is 9.59 Å². The van der Waals surface area contributed by atoms with Crippen molar-refractivity contribution in [2.24, 2.45) is 0 Å². The molecule has 0 aliphatic rings. The van der Waals surface area contributed by atoms with Gasteiger partial charge in [0.2, 0.25) is 11.8 Å². The Morgan fingerprint density at radius 3 is 2.33 bits per heavy atom. The number of halogens is 5. The molecular formula is C17H13Cl2F3N2O2S. The number of nitrogens with one attached hydrogen (secondary N) is 2. The summed E-state index contributed by atoms with van der Waals surface area (Å²) in [5.74, 6) is -5.88. The maximum atomic E-state index is 13.5. The van der Waals surface area contributed by atoms with E-state index >= 15 is 0 Å². The van der Waals surface area contributed by atoms with Crippen molar-refractivity contribution in [2.45, 2.75) is 17.1 Å². The Bertz CT molecular complexity index is 863. The summed E-state index contributed by atoms with van der Waals surface area (Å²) < 4.78 is 39.5. The van der Waals surface area contributed by atoms with Crippen molar-refractivity contribution >= 4 is 52.5 Å². The molecule has 0 heterocycles. The van der Waals surface area contributed by atoms with Crippen molar-refractivity contribution < 1.29 is 22.8 Å². The summed E-state index contributed by atoms with van der Waals surface area (Å²) in [4.78, 5) is 24.4. The van der Waals surface area contributed by atoms with Crippen molar-refractivity contribution in [3.63, 3.8) is 0 Å². The van der Waals surface area contributed by atoms with Gasteiger partial charge in [-0.2, -0.15) is 0 Å². The predicted molar refractivity (Wildman–Crippen MR) is 99.7 cm³/mol. The molecule has 0 radical (unpaired) electrons. The molecule has 0 spiro atoms. The quantitative estimate of drug-likeness (QED) is 0.511. The maximum absolute atomic E-state index is 13.5. The highest BCUT2D eigenvalue weighted by atomic mass is 35.5. The Hall–Kier alpha value is -1.90. The summed E-state index contributed by atoms with van der Waals surface area (Å²) in [6.45, 7) is 1.10. The fourth-order valence-corrected chi connectivity index (χ4v) is 3.52. The fraction of sp³-hybridized carbons (Fsp3) is 0.176. The van der Waals surface area contributed by atoms with Crippen LogP contribution >= 0.6 is 35.0 Å². The molecule has 0 aliphatic heterocycles. The SMILES string of the molecule is CC(Sc1c(Cl)cccc1Cl)C(=O)NCC(=O)Nc1ccc(F)c(F)c1F. The molecule has 0 aromatic heterocycles. The Balaban J connectivity index is 1.91. The average molecular weight is 437 g/mol. The lowest BCUT2D eigenvalue weighted by Crippen LogP contribution is -2.37. The molecule has 2 aromatic rings. The first-order valence-corrected chi connectivity index (χ1v) is 9.16. The number of carbonyl (C=O) groups excluding carboxylic acids is 2. The molecule has 1 atom stereocenters. The van der Waals surface area contributed by atoms with Gasteiger partial charge in [-0.25, -0.2) is 13.2 Å². The number of amides is 2. The van der Waals surface area contributed by atoms with Crippen LogP contribution in [-0.4, -0.2) is 23.6 Å². The van der Waals surface area contributed by atoms with Gasteiger partial charge in [-0.15, -0.1) is 11.8 Å². The topological polar surface area (TPSA) is 58.2 Å². The third kappa shape index (κ3) is 5.54. The molecule has 0 fully saturated rings. The van der Waals surface area contributed by atoms with Gasteiger partial charge in [-0.3, -0.25) is 9.59 Å². The van der Waals surface area contributed by atoms with Gasteiger partial charge in [0.05, 0.1) is 27.5 Å². The minimum atomic E-state index is -1.70. The molecule has 2 aromatic carbocycles. The van der Waals surface area contributed by atoms with Gasteiger partial charge in [0.25, 0.3) is 0 Å². The second kappa shape index (κ2) is 9.34. The zero-order valence-electron chi connectivity index (χ0n) is 13.8. The number of benzene rings is 2. The first-order chi connectivity index (χ1) is 12.7. The zero-order chi connectivity index (χ0) is 20.1. The minimum absolute atomic E-state index is 0.388. The van der Waals surface area contributed by atoms with Crippen LogP contribution in [0.5, 0.6) is 0 Å². The van der Waals surface area contributed by atoms with Crippen LogP contribution in [0.15, 0.2) is 35.2 Å². The molecule has 0 saturated heterocycles. The summed E-state index contributed by atoms with van der Waals surface area (Å²) >= 11 is 13.2. The maximum Gasteiger partial charge on any atom is 0.243 e. The largest absolute Gasteiger partial charge is 0.346 e. The van der Waals surface area contributed by atoms with Crippen LogP contribution in [0.4, 0.5) is 18.9 Å². The Morgan fingerprint density at radius 2 is 1.70 bits per heavy atom. The monoisotopic (exact) mass is 436 g/mol. The van der Waals surface area contributed by atoms with Gasteiger partial charge in [0.15, 0.2) is 17.5 Å². The van der Waals surface area contributed by atoms with E-state index in [4.69, 9.17) is 23.2 Å². The first-order valence-electron chi connectivity index (χ1n) is 7.52. The number of rotatable bonds is 6. The van der Waals surface area contributed by atoms with E-state index in [0.29, 0.717) is 21.0 Å². The smallest absolute Gasteiger partial charge is 0.243 e. The summed E-state index contributed by atoms with van der Waals surface area (Å²) in [6.07, 6.45) is 0. The number of anilines is 1. The molecule has 1 unspecified atom stereocenters. The molecule has 2 rings (SSSR count). The van der Waals surface area contributed by atoms with Crippen molar-refractivity contribution in [1.29, 1.82) is 0 Å². The van der Waals surface area contributed by atoms with Gasteiger partial charge in [-0.05, 0) is 31.2 Å². The molecule has 0 saturated carbocycles. The van der Waals surface area contributed by atoms with Crippen molar-refractivity contribution in [2.75, 3.05) is 11.9 Å². The molecular weight excluding hydrogens is 424 g/mol. The van der Waals surface area contributed by atoms with Gasteiger partial charge < -0.3 is 10.6 Å². The van der Waals surface area contributed by atoms with Crippen LogP contribution in [0, 0.1) is 17.5 Å². The number of carbonyl (C=O) groups is 2. The van der Waals surface area contributed by atoms with Gasteiger partial charge >= 0.3 is 0 Å². The number of hydrogen-bond donors (Lipinski definition) is 2. The van der Waals surface area contributed by atoms with E-state index in [1.807, 2.05) is 0 Å². The van der Waals surface area contributed by atoms with Crippen molar-refractivity contribution in [3.05, 3.63) is 57.8 Å². The summed E-state index contributed by atoms with van der Waals surface area (Å²) in [5, 5.41) is 4.56. The normalized spacial score (nSPS) is 11.8. The number of thioether (sulfide) groups is 1. The summed E-state index contributed by atoms with van der Waals surface area (Å²) in [6, 6.07) is 6.49. The fourth-order valence-electron chi connectivity index (χ4n) is 1.95. The third-order valence-corrected chi connectivity index (χ3v) is 5.41. The van der Waals surface area contributed by atoms with Crippen LogP contribution in [0.2, 0.25) is 10.0 Å². The van der Waals surface area contributed by atoms with Crippen LogP contribution in [0.1, 0.15) is 6.92 Å². The summed E-state index contributed by atoms with van der Waals surface area (Å²) in [7, 11) is 0. The lowest BCUT2D eigenvalue weighted by molar-refractivity contribution is -0.123.